The first kappa shape index (κ1) is 11.1. The number of benzene rings is 2. The van der Waals surface area contributed by atoms with Crippen molar-refractivity contribution in [3.05, 3.63) is 72.4 Å². The number of fused-ring (bicyclic) bond motifs is 2. The third-order valence-corrected chi connectivity index (χ3v) is 3.36. The minimum absolute atomic E-state index is 0.234. The molecular weight excluding hydrogens is 252 g/mol. The summed E-state index contributed by atoms with van der Waals surface area (Å²) < 4.78 is 11.0. The molecule has 96 valence electrons. The molecule has 0 radical (unpaired) electrons. The topological polar surface area (TPSA) is 43.4 Å². The van der Waals surface area contributed by atoms with Crippen molar-refractivity contribution in [1.82, 2.24) is 0 Å². The zero-order chi connectivity index (χ0) is 13.5. The van der Waals surface area contributed by atoms with E-state index in [0.717, 1.165) is 16.2 Å². The molecule has 2 aromatic carbocycles. The maximum atomic E-state index is 12.5. The van der Waals surface area contributed by atoms with Gasteiger partial charge in [0.25, 0.3) is 5.78 Å². The van der Waals surface area contributed by atoms with E-state index >= 15 is 0 Å². The molecule has 0 aliphatic carbocycles. The Morgan fingerprint density at radius 2 is 1.65 bits per heavy atom. The van der Waals surface area contributed by atoms with Crippen LogP contribution in [0.5, 0.6) is 0 Å². The van der Waals surface area contributed by atoms with Gasteiger partial charge in [-0.25, -0.2) is 0 Å². The number of hydrogen-bond donors (Lipinski definition) is 0. The molecule has 0 saturated carbocycles. The highest BCUT2D eigenvalue weighted by Gasteiger charge is 2.20. The lowest BCUT2D eigenvalue weighted by atomic mass is 10.1. The maximum Gasteiger partial charge on any atom is 0.263 e. The van der Waals surface area contributed by atoms with Crippen molar-refractivity contribution in [2.45, 2.75) is 0 Å². The lowest BCUT2D eigenvalue weighted by Crippen LogP contribution is -1.97. The standard InChI is InChI=1S/C17H10O3/c18-16(15-9-11-5-2-4-8-14(11)20-15)17-13-7-3-1-6-12(13)10-19-17/h1-10H. The summed E-state index contributed by atoms with van der Waals surface area (Å²) >= 11 is 0. The van der Waals surface area contributed by atoms with E-state index in [1.807, 2.05) is 48.5 Å². The van der Waals surface area contributed by atoms with Gasteiger partial charge in [-0.15, -0.1) is 0 Å². The van der Waals surface area contributed by atoms with E-state index in [0.29, 0.717) is 17.1 Å². The molecule has 0 bridgehead atoms. The van der Waals surface area contributed by atoms with Crippen molar-refractivity contribution in [1.29, 1.82) is 0 Å². The van der Waals surface area contributed by atoms with Gasteiger partial charge in [0.2, 0.25) is 0 Å². The number of carbonyl (C=O) groups is 1. The van der Waals surface area contributed by atoms with E-state index in [1.165, 1.54) is 0 Å². The van der Waals surface area contributed by atoms with Gasteiger partial charge in [0.1, 0.15) is 5.58 Å². The van der Waals surface area contributed by atoms with Crippen LogP contribution < -0.4 is 0 Å². The molecule has 2 aromatic heterocycles. The van der Waals surface area contributed by atoms with Gasteiger partial charge >= 0.3 is 0 Å². The monoisotopic (exact) mass is 262 g/mol. The Kier molecular flexibility index (Phi) is 2.27. The summed E-state index contributed by atoms with van der Waals surface area (Å²) in [5.41, 5.74) is 0.701. The normalized spacial score (nSPS) is 11.2. The Bertz CT molecular complexity index is 894. The highest BCUT2D eigenvalue weighted by atomic mass is 16.4. The van der Waals surface area contributed by atoms with Gasteiger partial charge in [-0.05, 0) is 12.1 Å². The van der Waals surface area contributed by atoms with Gasteiger partial charge in [0.15, 0.2) is 11.5 Å². The van der Waals surface area contributed by atoms with Gasteiger partial charge in [0, 0.05) is 16.2 Å². The molecule has 4 rings (SSSR count). The molecule has 3 nitrogen and oxygen atoms in total. The summed E-state index contributed by atoms with van der Waals surface area (Å²) in [7, 11) is 0. The van der Waals surface area contributed by atoms with Crippen molar-refractivity contribution in [3.8, 4) is 0 Å². The zero-order valence-electron chi connectivity index (χ0n) is 10.5. The number of ketones is 1. The molecule has 0 aliphatic rings. The highest BCUT2D eigenvalue weighted by molar-refractivity contribution is 6.14. The van der Waals surface area contributed by atoms with E-state index in [9.17, 15) is 4.79 Å². The first-order valence-electron chi connectivity index (χ1n) is 6.32. The number of hydrogen-bond acceptors (Lipinski definition) is 3. The number of para-hydroxylation sites is 1. The van der Waals surface area contributed by atoms with E-state index in [2.05, 4.69) is 0 Å². The first-order valence-corrected chi connectivity index (χ1v) is 6.32. The predicted molar refractivity (Wildman–Crippen MR) is 75.9 cm³/mol. The minimum atomic E-state index is -0.234. The number of carbonyl (C=O) groups excluding carboxylic acids is 1. The van der Waals surface area contributed by atoms with Crippen LogP contribution >= 0.6 is 0 Å². The molecule has 0 fully saturated rings. The Morgan fingerprint density at radius 3 is 2.50 bits per heavy atom. The molecule has 20 heavy (non-hydrogen) atoms. The van der Waals surface area contributed by atoms with E-state index in [-0.39, 0.29) is 5.78 Å². The second-order valence-corrected chi connectivity index (χ2v) is 4.63. The Balaban J connectivity index is 1.87. The summed E-state index contributed by atoms with van der Waals surface area (Å²) in [6.07, 6.45) is 1.59. The second kappa shape index (κ2) is 4.10. The molecule has 0 atom stereocenters. The van der Waals surface area contributed by atoms with Crippen LogP contribution in [0.3, 0.4) is 0 Å². The Hall–Kier alpha value is -2.81. The molecule has 0 saturated heterocycles. The second-order valence-electron chi connectivity index (χ2n) is 4.63. The average Bonchev–Trinajstić information content (AvgIpc) is 3.10. The summed E-state index contributed by atoms with van der Waals surface area (Å²) in [5, 5.41) is 2.62. The van der Waals surface area contributed by atoms with Crippen molar-refractivity contribution in [2.24, 2.45) is 0 Å². The van der Waals surface area contributed by atoms with Crippen molar-refractivity contribution < 1.29 is 13.6 Å². The smallest absolute Gasteiger partial charge is 0.263 e. The fourth-order valence-electron chi connectivity index (χ4n) is 2.37. The fourth-order valence-corrected chi connectivity index (χ4v) is 2.37. The van der Waals surface area contributed by atoms with Crippen molar-refractivity contribution in [2.75, 3.05) is 0 Å². The quantitative estimate of drug-likeness (QED) is 0.502. The van der Waals surface area contributed by atoms with Crippen LogP contribution in [-0.2, 0) is 0 Å². The lowest BCUT2D eigenvalue weighted by molar-refractivity contribution is 0.0987. The Morgan fingerprint density at radius 1 is 0.900 bits per heavy atom. The SMILES string of the molecule is O=C(c1cc2ccccc2o1)c1occ2ccccc12. The number of furan rings is 2. The molecular formula is C17H10O3. The molecule has 0 spiro atoms. The van der Waals surface area contributed by atoms with E-state index in [4.69, 9.17) is 8.83 Å². The van der Waals surface area contributed by atoms with Crippen LogP contribution in [0, 0.1) is 0 Å². The fraction of sp³-hybridized carbons (Fsp3) is 0. The zero-order valence-corrected chi connectivity index (χ0v) is 10.5. The van der Waals surface area contributed by atoms with E-state index in [1.54, 1.807) is 12.3 Å². The molecule has 0 unspecified atom stereocenters. The number of rotatable bonds is 2. The van der Waals surface area contributed by atoms with Crippen LogP contribution in [0.2, 0.25) is 0 Å². The predicted octanol–water partition coefficient (Wildman–Crippen LogP) is 4.41. The third-order valence-electron chi connectivity index (χ3n) is 3.36. The summed E-state index contributed by atoms with van der Waals surface area (Å²) in [6.45, 7) is 0. The molecule has 0 amide bonds. The Labute approximate surface area is 114 Å². The average molecular weight is 262 g/mol. The van der Waals surface area contributed by atoms with E-state index < -0.39 is 0 Å². The van der Waals surface area contributed by atoms with Gasteiger partial charge < -0.3 is 8.83 Å². The van der Waals surface area contributed by atoms with Gasteiger partial charge in [-0.3, -0.25) is 4.79 Å². The largest absolute Gasteiger partial charge is 0.459 e. The van der Waals surface area contributed by atoms with Crippen LogP contribution in [0.1, 0.15) is 16.3 Å². The summed E-state index contributed by atoms with van der Waals surface area (Å²) in [6, 6.07) is 16.9. The highest BCUT2D eigenvalue weighted by Crippen LogP contribution is 2.26. The van der Waals surface area contributed by atoms with Crippen LogP contribution in [0.15, 0.2) is 69.7 Å². The van der Waals surface area contributed by atoms with Gasteiger partial charge in [-0.1, -0.05) is 42.5 Å². The maximum absolute atomic E-state index is 12.5. The van der Waals surface area contributed by atoms with Crippen LogP contribution in [-0.4, -0.2) is 5.78 Å². The first-order chi connectivity index (χ1) is 9.83. The minimum Gasteiger partial charge on any atom is -0.459 e. The molecule has 0 N–H and O–H groups in total. The van der Waals surface area contributed by atoms with Gasteiger partial charge in [0.05, 0.1) is 6.26 Å². The molecule has 4 aromatic rings. The van der Waals surface area contributed by atoms with Crippen LogP contribution in [0.25, 0.3) is 21.7 Å². The summed E-state index contributed by atoms with van der Waals surface area (Å²) in [4.78, 5) is 12.5. The molecule has 3 heteroatoms. The van der Waals surface area contributed by atoms with Crippen molar-refractivity contribution >= 4 is 27.5 Å². The molecule has 0 aliphatic heterocycles. The van der Waals surface area contributed by atoms with Crippen molar-refractivity contribution in [3.63, 3.8) is 0 Å². The third kappa shape index (κ3) is 1.57. The summed E-state index contributed by atoms with van der Waals surface area (Å²) in [5.74, 6) is 0.383. The lowest BCUT2D eigenvalue weighted by Gasteiger charge is -1.93. The van der Waals surface area contributed by atoms with Gasteiger partial charge in [-0.2, -0.15) is 0 Å². The van der Waals surface area contributed by atoms with Crippen LogP contribution in [0.4, 0.5) is 0 Å². The molecule has 2 heterocycles.